The molecule has 0 fully saturated rings. The first-order valence-electron chi connectivity index (χ1n) is 9.47. The molecule has 0 atom stereocenters. The topological polar surface area (TPSA) is 49.2 Å². The third-order valence-electron chi connectivity index (χ3n) is 4.49. The molecule has 0 aliphatic heterocycles. The molecule has 1 heterocycles. The number of halogens is 2. The van der Waals surface area contributed by atoms with Gasteiger partial charge in [-0.3, -0.25) is 4.57 Å². The Kier molecular flexibility index (Phi) is 7.17. The Morgan fingerprint density at radius 1 is 0.903 bits per heavy atom. The summed E-state index contributed by atoms with van der Waals surface area (Å²) < 4.78 is 14.3. The normalized spacial score (nSPS) is 10.8. The van der Waals surface area contributed by atoms with Gasteiger partial charge in [-0.2, -0.15) is 0 Å². The van der Waals surface area contributed by atoms with Crippen LogP contribution in [0.5, 0.6) is 11.5 Å². The van der Waals surface area contributed by atoms with E-state index in [2.05, 4.69) is 38.3 Å². The SMILES string of the molecule is COc1ccc(-n2c(COc3ccc(Cl)cc3)nnc2SCc2ccc(Br)cc2)cc1. The molecular formula is C23H19BrClN3O2S. The van der Waals surface area contributed by atoms with Gasteiger partial charge < -0.3 is 9.47 Å². The van der Waals surface area contributed by atoms with Crippen LogP contribution in [0.2, 0.25) is 5.02 Å². The molecule has 0 aliphatic carbocycles. The lowest BCUT2D eigenvalue weighted by Gasteiger charge is -2.12. The molecule has 0 saturated carbocycles. The van der Waals surface area contributed by atoms with Crippen LogP contribution in [0.15, 0.2) is 82.4 Å². The molecule has 0 saturated heterocycles. The summed E-state index contributed by atoms with van der Waals surface area (Å²) >= 11 is 11.1. The van der Waals surface area contributed by atoms with Crippen LogP contribution in [0.1, 0.15) is 11.4 Å². The highest BCUT2D eigenvalue weighted by Crippen LogP contribution is 2.27. The van der Waals surface area contributed by atoms with Crippen LogP contribution in [0, 0.1) is 0 Å². The molecule has 0 N–H and O–H groups in total. The van der Waals surface area contributed by atoms with Crippen molar-refractivity contribution in [3.8, 4) is 17.2 Å². The number of methoxy groups -OCH3 is 1. The molecule has 158 valence electrons. The first-order valence-corrected chi connectivity index (χ1v) is 11.6. The first-order chi connectivity index (χ1) is 15.1. The Labute approximate surface area is 198 Å². The van der Waals surface area contributed by atoms with Crippen molar-refractivity contribution in [3.63, 3.8) is 0 Å². The van der Waals surface area contributed by atoms with Gasteiger partial charge in [-0.25, -0.2) is 0 Å². The number of rotatable bonds is 8. The Morgan fingerprint density at radius 2 is 1.58 bits per heavy atom. The second-order valence-corrected chi connectivity index (χ2v) is 8.88. The zero-order chi connectivity index (χ0) is 21.6. The highest BCUT2D eigenvalue weighted by Gasteiger charge is 2.16. The van der Waals surface area contributed by atoms with Gasteiger partial charge in [-0.1, -0.05) is 51.4 Å². The molecule has 0 radical (unpaired) electrons. The van der Waals surface area contributed by atoms with E-state index in [1.54, 1.807) is 31.0 Å². The van der Waals surface area contributed by atoms with Crippen LogP contribution in [0.3, 0.4) is 0 Å². The van der Waals surface area contributed by atoms with Crippen molar-refractivity contribution in [2.24, 2.45) is 0 Å². The average molecular weight is 517 g/mol. The molecule has 0 aliphatic rings. The number of nitrogens with zero attached hydrogens (tertiary/aromatic N) is 3. The van der Waals surface area contributed by atoms with Crippen LogP contribution >= 0.6 is 39.3 Å². The van der Waals surface area contributed by atoms with Crippen LogP contribution in [0.4, 0.5) is 0 Å². The molecule has 0 bridgehead atoms. The highest BCUT2D eigenvalue weighted by molar-refractivity contribution is 9.10. The molecule has 4 rings (SSSR count). The van der Waals surface area contributed by atoms with E-state index >= 15 is 0 Å². The van der Waals surface area contributed by atoms with Gasteiger partial charge >= 0.3 is 0 Å². The molecule has 3 aromatic carbocycles. The van der Waals surface area contributed by atoms with Gasteiger partial charge in [-0.05, 0) is 66.2 Å². The summed E-state index contributed by atoms with van der Waals surface area (Å²) in [7, 11) is 1.65. The zero-order valence-corrected chi connectivity index (χ0v) is 19.8. The molecule has 1 aromatic heterocycles. The van der Waals surface area contributed by atoms with Crippen molar-refractivity contribution in [1.82, 2.24) is 14.8 Å². The lowest BCUT2D eigenvalue weighted by atomic mass is 10.2. The predicted octanol–water partition coefficient (Wildman–Crippen LogP) is 6.56. The number of hydrogen-bond acceptors (Lipinski definition) is 5. The predicted molar refractivity (Wildman–Crippen MR) is 127 cm³/mol. The number of aromatic nitrogens is 3. The number of benzene rings is 3. The number of thioether (sulfide) groups is 1. The lowest BCUT2D eigenvalue weighted by Crippen LogP contribution is -2.06. The minimum atomic E-state index is 0.277. The average Bonchev–Trinajstić information content (AvgIpc) is 3.21. The minimum Gasteiger partial charge on any atom is -0.497 e. The molecule has 5 nitrogen and oxygen atoms in total. The molecule has 0 unspecified atom stereocenters. The Bertz CT molecular complexity index is 1070. The second-order valence-electron chi connectivity index (χ2n) is 6.59. The van der Waals surface area contributed by atoms with Crippen LogP contribution in [-0.2, 0) is 12.4 Å². The zero-order valence-electron chi connectivity index (χ0n) is 16.7. The molecule has 0 spiro atoms. The molecule has 4 aromatic rings. The summed E-state index contributed by atoms with van der Waals surface area (Å²) in [6.45, 7) is 0.277. The van der Waals surface area contributed by atoms with Crippen LogP contribution in [0.25, 0.3) is 5.69 Å². The van der Waals surface area contributed by atoms with Crippen molar-refractivity contribution in [1.29, 1.82) is 0 Å². The molecule has 31 heavy (non-hydrogen) atoms. The van der Waals surface area contributed by atoms with E-state index in [1.165, 1.54) is 5.56 Å². The van der Waals surface area contributed by atoms with E-state index in [0.717, 1.165) is 32.6 Å². The maximum Gasteiger partial charge on any atom is 0.196 e. The van der Waals surface area contributed by atoms with Gasteiger partial charge in [0, 0.05) is 20.9 Å². The van der Waals surface area contributed by atoms with Crippen molar-refractivity contribution in [2.75, 3.05) is 7.11 Å². The standard InChI is InChI=1S/C23H19BrClN3O2S/c1-29-20-12-8-19(9-13-20)28-22(14-30-21-10-6-18(25)7-11-21)26-27-23(28)31-15-16-2-4-17(24)5-3-16/h2-13H,14-15H2,1H3. The Morgan fingerprint density at radius 3 is 2.26 bits per heavy atom. The van der Waals surface area contributed by atoms with E-state index in [4.69, 9.17) is 21.1 Å². The van der Waals surface area contributed by atoms with Crippen molar-refractivity contribution in [3.05, 3.63) is 93.7 Å². The summed E-state index contributed by atoms with van der Waals surface area (Å²) in [5.41, 5.74) is 2.15. The third kappa shape index (κ3) is 5.61. The smallest absolute Gasteiger partial charge is 0.196 e. The quantitative estimate of drug-likeness (QED) is 0.248. The Balaban J connectivity index is 1.58. The summed E-state index contributed by atoms with van der Waals surface area (Å²) in [5, 5.41) is 10.3. The monoisotopic (exact) mass is 515 g/mol. The fourth-order valence-electron chi connectivity index (χ4n) is 2.89. The summed E-state index contributed by atoms with van der Waals surface area (Å²) in [4.78, 5) is 0. The largest absolute Gasteiger partial charge is 0.497 e. The minimum absolute atomic E-state index is 0.277. The van der Waals surface area contributed by atoms with Gasteiger partial charge in [0.05, 0.1) is 7.11 Å². The van der Waals surface area contributed by atoms with Crippen molar-refractivity contribution < 1.29 is 9.47 Å². The lowest BCUT2D eigenvalue weighted by molar-refractivity contribution is 0.293. The fraction of sp³-hybridized carbons (Fsp3) is 0.130. The van der Waals surface area contributed by atoms with Gasteiger partial charge in [0.1, 0.15) is 18.1 Å². The van der Waals surface area contributed by atoms with Gasteiger partial charge in [0.2, 0.25) is 0 Å². The number of hydrogen-bond donors (Lipinski definition) is 0. The first kappa shape index (κ1) is 21.7. The molecule has 8 heteroatoms. The van der Waals surface area contributed by atoms with Gasteiger partial charge in [0.15, 0.2) is 11.0 Å². The van der Waals surface area contributed by atoms with Crippen molar-refractivity contribution in [2.45, 2.75) is 17.5 Å². The van der Waals surface area contributed by atoms with Crippen LogP contribution < -0.4 is 9.47 Å². The molecule has 0 amide bonds. The highest BCUT2D eigenvalue weighted by atomic mass is 79.9. The molecular weight excluding hydrogens is 498 g/mol. The van der Waals surface area contributed by atoms with E-state index in [9.17, 15) is 0 Å². The van der Waals surface area contributed by atoms with E-state index in [-0.39, 0.29) is 6.61 Å². The van der Waals surface area contributed by atoms with Gasteiger partial charge in [0.25, 0.3) is 0 Å². The number of ether oxygens (including phenoxy) is 2. The third-order valence-corrected chi connectivity index (χ3v) is 6.27. The van der Waals surface area contributed by atoms with Gasteiger partial charge in [-0.15, -0.1) is 10.2 Å². The fourth-order valence-corrected chi connectivity index (χ4v) is 4.20. The van der Waals surface area contributed by atoms with Crippen molar-refractivity contribution >= 4 is 39.3 Å². The summed E-state index contributed by atoms with van der Waals surface area (Å²) in [6.07, 6.45) is 0. The maximum atomic E-state index is 5.96. The van der Waals surface area contributed by atoms with Crippen LogP contribution in [-0.4, -0.2) is 21.9 Å². The Hall–Kier alpha value is -2.48. The van der Waals surface area contributed by atoms with E-state index in [0.29, 0.717) is 10.8 Å². The second kappa shape index (κ2) is 10.2. The van der Waals surface area contributed by atoms with E-state index < -0.39 is 0 Å². The summed E-state index contributed by atoms with van der Waals surface area (Å²) in [6, 6.07) is 23.3. The van der Waals surface area contributed by atoms with E-state index in [1.807, 2.05) is 53.1 Å². The summed E-state index contributed by atoms with van der Waals surface area (Å²) in [5.74, 6) is 3.00. The maximum absolute atomic E-state index is 5.96.